The Kier molecular flexibility index (Phi) is 3.99. The summed E-state index contributed by atoms with van der Waals surface area (Å²) in [6.45, 7) is 2.09. The van der Waals surface area contributed by atoms with E-state index in [-0.39, 0.29) is 0 Å². The first-order chi connectivity index (χ1) is 9.72. The van der Waals surface area contributed by atoms with Crippen molar-refractivity contribution in [3.63, 3.8) is 0 Å². The fourth-order valence-electron chi connectivity index (χ4n) is 2.10. The number of benzene rings is 1. The maximum Gasteiger partial charge on any atom is 0.137 e. The minimum atomic E-state index is 0.788. The fraction of sp³-hybridized carbons (Fsp3) is 0.188. The second-order valence-corrected chi connectivity index (χ2v) is 6.22. The number of hydrogen-bond acceptors (Lipinski definition) is 2. The Morgan fingerprint density at radius 2 is 1.95 bits per heavy atom. The molecule has 20 heavy (non-hydrogen) atoms. The summed E-state index contributed by atoms with van der Waals surface area (Å²) in [7, 11) is 0. The van der Waals surface area contributed by atoms with Crippen LogP contribution in [0.4, 0.5) is 0 Å². The Morgan fingerprint density at radius 1 is 1.15 bits per heavy atom. The zero-order valence-corrected chi connectivity index (χ0v) is 12.8. The second-order valence-electron chi connectivity index (χ2n) is 4.80. The molecule has 0 aliphatic carbocycles. The molecule has 102 valence electrons. The van der Waals surface area contributed by atoms with Gasteiger partial charge in [-0.3, -0.25) is 0 Å². The van der Waals surface area contributed by atoms with Crippen molar-refractivity contribution in [2.45, 2.75) is 18.4 Å². The molecule has 3 aromatic rings. The van der Waals surface area contributed by atoms with Crippen molar-refractivity contribution in [3.05, 3.63) is 70.6 Å². The van der Waals surface area contributed by atoms with Crippen LogP contribution in [-0.2, 0) is 11.5 Å². The van der Waals surface area contributed by atoms with Gasteiger partial charge in [-0.2, -0.15) is 11.8 Å². The number of hydrogen-bond donors (Lipinski definition) is 0. The Balaban J connectivity index is 1.66. The van der Waals surface area contributed by atoms with Gasteiger partial charge in [0.25, 0.3) is 0 Å². The molecule has 2 heterocycles. The van der Waals surface area contributed by atoms with Gasteiger partial charge < -0.3 is 4.40 Å². The van der Waals surface area contributed by atoms with Crippen LogP contribution in [0.3, 0.4) is 0 Å². The molecule has 0 bridgehead atoms. The summed E-state index contributed by atoms with van der Waals surface area (Å²) >= 11 is 7.77. The van der Waals surface area contributed by atoms with Crippen molar-refractivity contribution in [3.8, 4) is 0 Å². The molecule has 4 heteroatoms. The van der Waals surface area contributed by atoms with Gasteiger partial charge in [0, 0.05) is 22.7 Å². The van der Waals surface area contributed by atoms with Crippen LogP contribution in [0.15, 0.2) is 48.8 Å². The maximum absolute atomic E-state index is 5.89. The highest BCUT2D eigenvalue weighted by Gasteiger charge is 2.03. The molecule has 0 spiro atoms. The molecule has 0 amide bonds. The molecule has 3 rings (SSSR count). The van der Waals surface area contributed by atoms with Gasteiger partial charge in [-0.15, -0.1) is 0 Å². The van der Waals surface area contributed by atoms with Gasteiger partial charge in [-0.1, -0.05) is 23.7 Å². The summed E-state index contributed by atoms with van der Waals surface area (Å²) in [6.07, 6.45) is 4.06. The van der Waals surface area contributed by atoms with E-state index in [0.29, 0.717) is 0 Å². The van der Waals surface area contributed by atoms with Crippen LogP contribution in [0.5, 0.6) is 0 Å². The van der Waals surface area contributed by atoms with E-state index >= 15 is 0 Å². The van der Waals surface area contributed by atoms with Gasteiger partial charge in [0.2, 0.25) is 0 Å². The van der Waals surface area contributed by atoms with Crippen molar-refractivity contribution in [1.82, 2.24) is 9.38 Å². The van der Waals surface area contributed by atoms with E-state index in [1.807, 2.05) is 30.1 Å². The molecule has 1 aromatic carbocycles. The summed E-state index contributed by atoms with van der Waals surface area (Å²) in [5, 5.41) is 0.788. The zero-order valence-electron chi connectivity index (χ0n) is 11.2. The minimum absolute atomic E-state index is 0.788. The van der Waals surface area contributed by atoms with E-state index in [4.69, 9.17) is 11.6 Å². The third kappa shape index (κ3) is 3.00. The van der Waals surface area contributed by atoms with Gasteiger partial charge in [0.15, 0.2) is 0 Å². The molecule has 0 saturated carbocycles. The molecule has 0 N–H and O–H groups in total. The van der Waals surface area contributed by atoms with E-state index in [2.05, 4.69) is 46.8 Å². The number of pyridine rings is 1. The molecule has 0 aliphatic heterocycles. The smallest absolute Gasteiger partial charge is 0.137 e. The number of aromatic nitrogens is 2. The molecule has 0 saturated heterocycles. The van der Waals surface area contributed by atoms with Crippen molar-refractivity contribution in [2.24, 2.45) is 0 Å². The second kappa shape index (κ2) is 5.90. The maximum atomic E-state index is 5.89. The highest BCUT2D eigenvalue weighted by atomic mass is 35.5. The fourth-order valence-corrected chi connectivity index (χ4v) is 3.17. The SMILES string of the molecule is Cc1ccn2c(CSCc3ccc(Cl)cc3)cnc2c1. The molecule has 0 aliphatic rings. The first-order valence-electron chi connectivity index (χ1n) is 6.47. The van der Waals surface area contributed by atoms with Crippen molar-refractivity contribution in [1.29, 1.82) is 0 Å². The Morgan fingerprint density at radius 3 is 2.75 bits per heavy atom. The summed E-state index contributed by atoms with van der Waals surface area (Å²) in [5.74, 6) is 1.93. The van der Waals surface area contributed by atoms with Crippen LogP contribution < -0.4 is 0 Å². The van der Waals surface area contributed by atoms with Gasteiger partial charge in [-0.05, 0) is 42.3 Å². The van der Waals surface area contributed by atoms with E-state index in [1.54, 1.807) is 0 Å². The van der Waals surface area contributed by atoms with Gasteiger partial charge in [0.1, 0.15) is 5.65 Å². The number of aryl methyl sites for hydroxylation is 1. The van der Waals surface area contributed by atoms with E-state index in [1.165, 1.54) is 16.8 Å². The van der Waals surface area contributed by atoms with Crippen LogP contribution in [-0.4, -0.2) is 9.38 Å². The molecular weight excluding hydrogens is 288 g/mol. The lowest BCUT2D eigenvalue weighted by molar-refractivity contribution is 1.09. The first-order valence-corrected chi connectivity index (χ1v) is 8.00. The van der Waals surface area contributed by atoms with Crippen LogP contribution in [0.25, 0.3) is 5.65 Å². The average molecular weight is 303 g/mol. The number of rotatable bonds is 4. The number of halogens is 1. The number of fused-ring (bicyclic) bond motifs is 1. The molecule has 2 nitrogen and oxygen atoms in total. The Bertz CT molecular complexity index is 719. The quantitative estimate of drug-likeness (QED) is 0.693. The van der Waals surface area contributed by atoms with E-state index in [0.717, 1.165) is 22.2 Å². The Labute approximate surface area is 127 Å². The normalized spacial score (nSPS) is 11.1. The minimum Gasteiger partial charge on any atom is -0.303 e. The number of thioether (sulfide) groups is 1. The lowest BCUT2D eigenvalue weighted by atomic mass is 10.2. The Hall–Kier alpha value is -1.45. The van der Waals surface area contributed by atoms with Crippen LogP contribution in [0, 0.1) is 6.92 Å². The highest BCUT2D eigenvalue weighted by molar-refractivity contribution is 7.97. The summed E-state index contributed by atoms with van der Waals surface area (Å²) in [4.78, 5) is 4.45. The largest absolute Gasteiger partial charge is 0.303 e. The lowest BCUT2D eigenvalue weighted by Gasteiger charge is -2.03. The van der Waals surface area contributed by atoms with Crippen molar-refractivity contribution < 1.29 is 0 Å². The van der Waals surface area contributed by atoms with E-state index in [9.17, 15) is 0 Å². The van der Waals surface area contributed by atoms with Gasteiger partial charge >= 0.3 is 0 Å². The van der Waals surface area contributed by atoms with E-state index < -0.39 is 0 Å². The lowest BCUT2D eigenvalue weighted by Crippen LogP contribution is -1.91. The highest BCUT2D eigenvalue weighted by Crippen LogP contribution is 2.20. The number of nitrogens with zero attached hydrogens (tertiary/aromatic N) is 2. The molecule has 2 aromatic heterocycles. The predicted molar refractivity (Wildman–Crippen MR) is 86.4 cm³/mol. The predicted octanol–water partition coefficient (Wildman–Crippen LogP) is 4.73. The first kappa shape index (κ1) is 13.5. The summed E-state index contributed by atoms with van der Waals surface area (Å²) in [6, 6.07) is 12.2. The van der Waals surface area contributed by atoms with Gasteiger partial charge in [-0.25, -0.2) is 4.98 Å². The zero-order chi connectivity index (χ0) is 13.9. The van der Waals surface area contributed by atoms with Gasteiger partial charge in [0.05, 0.1) is 11.9 Å². The van der Waals surface area contributed by atoms with Crippen LogP contribution in [0.1, 0.15) is 16.8 Å². The molecular formula is C16H15ClN2S. The molecule has 0 radical (unpaired) electrons. The average Bonchev–Trinajstić information content (AvgIpc) is 2.83. The van der Waals surface area contributed by atoms with Crippen molar-refractivity contribution in [2.75, 3.05) is 0 Å². The summed E-state index contributed by atoms with van der Waals surface area (Å²) in [5.41, 5.74) is 4.79. The number of imidazole rings is 1. The summed E-state index contributed by atoms with van der Waals surface area (Å²) < 4.78 is 2.15. The van der Waals surface area contributed by atoms with Crippen molar-refractivity contribution >= 4 is 29.0 Å². The monoisotopic (exact) mass is 302 g/mol. The third-order valence-electron chi connectivity index (χ3n) is 3.18. The molecule has 0 fully saturated rings. The third-order valence-corrected chi connectivity index (χ3v) is 4.47. The molecule has 0 atom stereocenters. The standard InChI is InChI=1S/C16H15ClN2S/c1-12-6-7-19-15(9-18-16(19)8-12)11-20-10-13-2-4-14(17)5-3-13/h2-9H,10-11H2,1H3. The molecule has 0 unspecified atom stereocenters. The van der Waals surface area contributed by atoms with Crippen LogP contribution >= 0.6 is 23.4 Å². The topological polar surface area (TPSA) is 17.3 Å². The van der Waals surface area contributed by atoms with Crippen LogP contribution in [0.2, 0.25) is 5.02 Å².